The van der Waals surface area contributed by atoms with Crippen LogP contribution in [0.1, 0.15) is 30.9 Å². The van der Waals surface area contributed by atoms with E-state index in [1.165, 1.54) is 0 Å². The standard InChI is InChI=1S/C18H22N2O/c1-13(2)15-9-5-7-11-17(15)20-18(21)12-19-16-10-6-4-8-14(16)3/h4-11,13,19H,12H2,1-3H3,(H,20,21). The topological polar surface area (TPSA) is 41.1 Å². The van der Waals surface area contributed by atoms with Crippen LogP contribution in [0.4, 0.5) is 11.4 Å². The van der Waals surface area contributed by atoms with Crippen LogP contribution in [0.2, 0.25) is 0 Å². The molecule has 0 aliphatic carbocycles. The third kappa shape index (κ3) is 4.09. The maximum absolute atomic E-state index is 12.1. The van der Waals surface area contributed by atoms with E-state index in [1.54, 1.807) is 0 Å². The zero-order chi connectivity index (χ0) is 15.2. The van der Waals surface area contributed by atoms with E-state index in [2.05, 4.69) is 30.5 Å². The molecule has 2 rings (SSSR count). The molecular weight excluding hydrogens is 260 g/mol. The SMILES string of the molecule is Cc1ccccc1NCC(=O)Nc1ccccc1C(C)C. The first kappa shape index (κ1) is 15.1. The van der Waals surface area contributed by atoms with Crippen LogP contribution in [-0.4, -0.2) is 12.5 Å². The van der Waals surface area contributed by atoms with Crippen molar-refractivity contribution in [3.63, 3.8) is 0 Å². The largest absolute Gasteiger partial charge is 0.376 e. The molecule has 0 bridgehead atoms. The fourth-order valence-corrected chi connectivity index (χ4v) is 2.26. The van der Waals surface area contributed by atoms with E-state index in [0.717, 1.165) is 22.5 Å². The number of para-hydroxylation sites is 2. The van der Waals surface area contributed by atoms with Crippen LogP contribution in [0.3, 0.4) is 0 Å². The van der Waals surface area contributed by atoms with Crippen molar-refractivity contribution in [1.29, 1.82) is 0 Å². The Bertz CT molecular complexity index is 620. The highest BCUT2D eigenvalue weighted by Crippen LogP contribution is 2.23. The molecule has 0 aromatic heterocycles. The van der Waals surface area contributed by atoms with Gasteiger partial charge in [0.05, 0.1) is 6.54 Å². The van der Waals surface area contributed by atoms with E-state index in [1.807, 2.05) is 49.4 Å². The van der Waals surface area contributed by atoms with Crippen molar-refractivity contribution in [3.8, 4) is 0 Å². The minimum Gasteiger partial charge on any atom is -0.376 e. The molecule has 0 aliphatic rings. The van der Waals surface area contributed by atoms with Gasteiger partial charge in [-0.15, -0.1) is 0 Å². The Labute approximate surface area is 126 Å². The Morgan fingerprint density at radius 2 is 1.62 bits per heavy atom. The normalized spacial score (nSPS) is 10.5. The number of hydrogen-bond donors (Lipinski definition) is 2. The predicted octanol–water partition coefficient (Wildman–Crippen LogP) is 4.17. The summed E-state index contributed by atoms with van der Waals surface area (Å²) in [4.78, 5) is 12.1. The van der Waals surface area contributed by atoms with E-state index in [9.17, 15) is 4.79 Å². The molecule has 0 radical (unpaired) electrons. The lowest BCUT2D eigenvalue weighted by molar-refractivity contribution is -0.114. The van der Waals surface area contributed by atoms with Crippen molar-refractivity contribution in [2.75, 3.05) is 17.2 Å². The number of nitrogens with one attached hydrogen (secondary N) is 2. The molecule has 0 aliphatic heterocycles. The summed E-state index contributed by atoms with van der Waals surface area (Å²) in [5.74, 6) is 0.345. The van der Waals surface area contributed by atoms with Gasteiger partial charge in [0.15, 0.2) is 0 Å². The van der Waals surface area contributed by atoms with Crippen LogP contribution >= 0.6 is 0 Å². The van der Waals surface area contributed by atoms with Gasteiger partial charge >= 0.3 is 0 Å². The zero-order valence-corrected chi connectivity index (χ0v) is 12.8. The first-order valence-electron chi connectivity index (χ1n) is 7.26. The number of hydrogen-bond acceptors (Lipinski definition) is 2. The summed E-state index contributed by atoms with van der Waals surface area (Å²) in [5.41, 5.74) is 4.17. The molecule has 0 fully saturated rings. The van der Waals surface area contributed by atoms with Crippen LogP contribution < -0.4 is 10.6 Å². The smallest absolute Gasteiger partial charge is 0.243 e. The Balaban J connectivity index is 1.98. The Hall–Kier alpha value is -2.29. The van der Waals surface area contributed by atoms with Crippen molar-refractivity contribution >= 4 is 17.3 Å². The van der Waals surface area contributed by atoms with Crippen molar-refractivity contribution < 1.29 is 4.79 Å². The van der Waals surface area contributed by atoms with Gasteiger partial charge in [0, 0.05) is 11.4 Å². The number of carbonyl (C=O) groups is 1. The lowest BCUT2D eigenvalue weighted by atomic mass is 10.0. The molecule has 2 aromatic carbocycles. The summed E-state index contributed by atoms with van der Waals surface area (Å²) in [6.07, 6.45) is 0. The van der Waals surface area contributed by atoms with Gasteiger partial charge in [0.25, 0.3) is 0 Å². The van der Waals surface area contributed by atoms with Gasteiger partial charge in [-0.05, 0) is 36.1 Å². The summed E-state index contributed by atoms with van der Waals surface area (Å²) in [6.45, 7) is 6.53. The van der Waals surface area contributed by atoms with Gasteiger partial charge in [-0.1, -0.05) is 50.2 Å². The van der Waals surface area contributed by atoms with Crippen molar-refractivity contribution in [2.24, 2.45) is 0 Å². The van der Waals surface area contributed by atoms with Gasteiger partial charge in [-0.3, -0.25) is 4.79 Å². The second-order valence-corrected chi connectivity index (χ2v) is 5.46. The van der Waals surface area contributed by atoms with Crippen LogP contribution in [0.15, 0.2) is 48.5 Å². The van der Waals surface area contributed by atoms with Gasteiger partial charge in [0.1, 0.15) is 0 Å². The lowest BCUT2D eigenvalue weighted by Crippen LogP contribution is -2.22. The number of anilines is 2. The molecule has 110 valence electrons. The molecule has 0 unspecified atom stereocenters. The van der Waals surface area contributed by atoms with Crippen LogP contribution in [0.5, 0.6) is 0 Å². The Morgan fingerprint density at radius 1 is 1.00 bits per heavy atom. The first-order chi connectivity index (χ1) is 10.1. The molecule has 3 nitrogen and oxygen atoms in total. The van der Waals surface area contributed by atoms with E-state index in [-0.39, 0.29) is 12.5 Å². The van der Waals surface area contributed by atoms with Gasteiger partial charge < -0.3 is 10.6 Å². The van der Waals surface area contributed by atoms with Crippen LogP contribution in [0, 0.1) is 6.92 Å². The van der Waals surface area contributed by atoms with E-state index < -0.39 is 0 Å². The van der Waals surface area contributed by atoms with E-state index in [4.69, 9.17) is 0 Å². The fourth-order valence-electron chi connectivity index (χ4n) is 2.26. The maximum Gasteiger partial charge on any atom is 0.243 e. The molecule has 0 spiro atoms. The Morgan fingerprint density at radius 3 is 2.29 bits per heavy atom. The first-order valence-corrected chi connectivity index (χ1v) is 7.26. The molecule has 0 saturated heterocycles. The van der Waals surface area contributed by atoms with Gasteiger partial charge in [-0.2, -0.15) is 0 Å². The van der Waals surface area contributed by atoms with E-state index in [0.29, 0.717) is 5.92 Å². The van der Waals surface area contributed by atoms with Crippen LogP contribution in [-0.2, 0) is 4.79 Å². The number of benzene rings is 2. The molecule has 2 N–H and O–H groups in total. The average Bonchev–Trinajstić information content (AvgIpc) is 2.47. The molecule has 1 amide bonds. The molecule has 0 saturated carbocycles. The quantitative estimate of drug-likeness (QED) is 0.864. The van der Waals surface area contributed by atoms with Gasteiger partial charge in [0.2, 0.25) is 5.91 Å². The third-order valence-corrected chi connectivity index (χ3v) is 3.44. The number of carbonyl (C=O) groups excluding carboxylic acids is 1. The summed E-state index contributed by atoms with van der Waals surface area (Å²) in [7, 11) is 0. The molecular formula is C18H22N2O. The maximum atomic E-state index is 12.1. The summed E-state index contributed by atoms with van der Waals surface area (Å²) in [6, 6.07) is 15.9. The van der Waals surface area contributed by atoms with E-state index >= 15 is 0 Å². The highest BCUT2D eigenvalue weighted by Gasteiger charge is 2.09. The highest BCUT2D eigenvalue weighted by molar-refractivity contribution is 5.94. The molecule has 3 heteroatoms. The summed E-state index contributed by atoms with van der Waals surface area (Å²) >= 11 is 0. The monoisotopic (exact) mass is 282 g/mol. The van der Waals surface area contributed by atoms with Crippen molar-refractivity contribution in [2.45, 2.75) is 26.7 Å². The predicted molar refractivity (Wildman–Crippen MR) is 88.8 cm³/mol. The van der Waals surface area contributed by atoms with Crippen molar-refractivity contribution in [1.82, 2.24) is 0 Å². The second kappa shape index (κ2) is 6.93. The zero-order valence-electron chi connectivity index (χ0n) is 12.8. The molecule has 21 heavy (non-hydrogen) atoms. The number of amides is 1. The number of aryl methyl sites for hydroxylation is 1. The number of rotatable bonds is 5. The molecule has 0 heterocycles. The minimum absolute atomic E-state index is 0.0358. The minimum atomic E-state index is -0.0358. The fraction of sp³-hybridized carbons (Fsp3) is 0.278. The summed E-state index contributed by atoms with van der Waals surface area (Å²) < 4.78 is 0. The lowest BCUT2D eigenvalue weighted by Gasteiger charge is -2.14. The molecule has 2 aromatic rings. The average molecular weight is 282 g/mol. The van der Waals surface area contributed by atoms with Crippen molar-refractivity contribution in [3.05, 3.63) is 59.7 Å². The van der Waals surface area contributed by atoms with Gasteiger partial charge in [-0.25, -0.2) is 0 Å². The Kier molecular flexibility index (Phi) is 4.99. The third-order valence-electron chi connectivity index (χ3n) is 3.44. The highest BCUT2D eigenvalue weighted by atomic mass is 16.1. The second-order valence-electron chi connectivity index (χ2n) is 5.46. The molecule has 0 atom stereocenters. The van der Waals surface area contributed by atoms with Crippen LogP contribution in [0.25, 0.3) is 0 Å². The summed E-state index contributed by atoms with van der Waals surface area (Å²) in [5, 5.41) is 6.15.